The summed E-state index contributed by atoms with van der Waals surface area (Å²) in [5.41, 5.74) is 0. The monoisotopic (exact) mass is 306 g/mol. The van der Waals surface area contributed by atoms with Crippen molar-refractivity contribution in [1.29, 1.82) is 0 Å². The molecule has 0 bridgehead atoms. The first-order chi connectivity index (χ1) is 10.00. The minimum atomic E-state index is -3.52. The summed E-state index contributed by atoms with van der Waals surface area (Å²) in [6.45, 7) is 0.405. The topological polar surface area (TPSA) is 74.8 Å². The molecule has 0 radical (unpaired) electrons. The lowest BCUT2D eigenvalue weighted by atomic mass is 10.1. The first-order valence-corrected chi connectivity index (χ1v) is 8.36. The van der Waals surface area contributed by atoms with Gasteiger partial charge in [-0.15, -0.1) is 0 Å². The van der Waals surface area contributed by atoms with Gasteiger partial charge in [-0.1, -0.05) is 18.2 Å². The average molecular weight is 306 g/mol. The third-order valence-corrected chi connectivity index (χ3v) is 6.32. The molecule has 4 rings (SSSR count). The molecule has 6 nitrogen and oxygen atoms in total. The lowest BCUT2D eigenvalue weighted by Gasteiger charge is -2.42. The van der Waals surface area contributed by atoms with Crippen LogP contribution in [0.3, 0.4) is 0 Å². The third kappa shape index (κ3) is 1.77. The van der Waals surface area contributed by atoms with Crippen molar-refractivity contribution < 1.29 is 18.0 Å². The highest BCUT2D eigenvalue weighted by Crippen LogP contribution is 2.48. The van der Waals surface area contributed by atoms with Crippen molar-refractivity contribution in [2.24, 2.45) is 11.8 Å². The van der Waals surface area contributed by atoms with Crippen LogP contribution in [0.5, 0.6) is 0 Å². The highest BCUT2D eigenvalue weighted by molar-refractivity contribution is 7.89. The lowest BCUT2D eigenvalue weighted by Crippen LogP contribution is -2.62. The lowest BCUT2D eigenvalue weighted by molar-refractivity contribution is -0.146. The number of likely N-dealkylation sites (tertiary alicyclic amines) is 1. The molecule has 2 heterocycles. The van der Waals surface area contributed by atoms with Gasteiger partial charge in [0, 0.05) is 13.1 Å². The molecule has 1 aromatic rings. The van der Waals surface area contributed by atoms with Gasteiger partial charge in [-0.3, -0.25) is 14.5 Å². The van der Waals surface area contributed by atoms with Gasteiger partial charge in [0.05, 0.1) is 22.8 Å². The molecule has 2 unspecified atom stereocenters. The molecule has 3 aliphatic rings. The maximum atomic E-state index is 12.3. The largest absolute Gasteiger partial charge is 0.276 e. The Bertz CT molecular complexity index is 705. The summed E-state index contributed by atoms with van der Waals surface area (Å²) in [5, 5.41) is 0. The van der Waals surface area contributed by atoms with E-state index < -0.39 is 10.0 Å². The Morgan fingerprint density at radius 1 is 0.952 bits per heavy atom. The fraction of sp³-hybridized carbons (Fsp3) is 0.429. The number of benzene rings is 1. The Morgan fingerprint density at radius 2 is 1.52 bits per heavy atom. The molecule has 2 atom stereocenters. The van der Waals surface area contributed by atoms with Gasteiger partial charge in [0.25, 0.3) is 0 Å². The van der Waals surface area contributed by atoms with Gasteiger partial charge in [0.1, 0.15) is 0 Å². The van der Waals surface area contributed by atoms with Gasteiger partial charge in [-0.05, 0) is 18.6 Å². The Hall–Kier alpha value is -1.73. The van der Waals surface area contributed by atoms with Crippen LogP contribution in [0.1, 0.15) is 6.42 Å². The van der Waals surface area contributed by atoms with Crippen molar-refractivity contribution in [2.75, 3.05) is 13.1 Å². The van der Waals surface area contributed by atoms with Crippen molar-refractivity contribution in [3.8, 4) is 0 Å². The highest BCUT2D eigenvalue weighted by atomic mass is 32.2. The standard InChI is InChI=1S/C14H14N2O4S/c17-13-11-6-12(11)14(18)16(13)9-7-15(8-9)21(19,20)10-4-2-1-3-5-10/h1-5,9,11-12H,6-8H2. The molecule has 2 amide bonds. The number of carbonyl (C=O) groups excluding carboxylic acids is 2. The Kier molecular flexibility index (Phi) is 2.56. The summed E-state index contributed by atoms with van der Waals surface area (Å²) in [7, 11) is -3.52. The number of amides is 2. The molecule has 2 saturated heterocycles. The van der Waals surface area contributed by atoms with Gasteiger partial charge in [-0.2, -0.15) is 4.31 Å². The van der Waals surface area contributed by atoms with Crippen molar-refractivity contribution in [3.05, 3.63) is 30.3 Å². The number of hydrogen-bond acceptors (Lipinski definition) is 4. The number of imide groups is 1. The number of nitrogens with zero attached hydrogens (tertiary/aromatic N) is 2. The molecule has 3 fully saturated rings. The summed E-state index contributed by atoms with van der Waals surface area (Å²) in [6, 6.07) is 7.90. The SMILES string of the molecule is O=C1C2CC2C(=O)N1C1CN(S(=O)(=O)c2ccccc2)C1. The predicted octanol–water partition coefficient (Wildman–Crippen LogP) is 0.0644. The fourth-order valence-electron chi connectivity index (χ4n) is 3.08. The van der Waals surface area contributed by atoms with Crippen LogP contribution in [-0.2, 0) is 19.6 Å². The first-order valence-electron chi connectivity index (χ1n) is 6.92. The van der Waals surface area contributed by atoms with Crippen molar-refractivity contribution >= 4 is 21.8 Å². The molecule has 1 aromatic carbocycles. The number of sulfonamides is 1. The minimum absolute atomic E-state index is 0.119. The van der Waals surface area contributed by atoms with E-state index in [-0.39, 0.29) is 47.7 Å². The second-order valence-corrected chi connectivity index (χ2v) is 7.72. The Labute approximate surface area is 122 Å². The quantitative estimate of drug-likeness (QED) is 0.740. The molecular formula is C14H14N2O4S. The summed E-state index contributed by atoms with van der Waals surface area (Å²) in [4.78, 5) is 25.4. The van der Waals surface area contributed by atoms with E-state index >= 15 is 0 Å². The smallest absolute Gasteiger partial charge is 0.243 e. The molecule has 0 N–H and O–H groups in total. The van der Waals surface area contributed by atoms with Gasteiger partial charge in [-0.25, -0.2) is 8.42 Å². The highest BCUT2D eigenvalue weighted by Gasteiger charge is 2.61. The van der Waals surface area contributed by atoms with Gasteiger partial charge in [0.2, 0.25) is 21.8 Å². The number of fused-ring (bicyclic) bond motifs is 1. The third-order valence-electron chi connectivity index (χ3n) is 4.47. The molecule has 2 aliphatic heterocycles. The number of hydrogen-bond donors (Lipinski definition) is 0. The van der Waals surface area contributed by atoms with Gasteiger partial charge >= 0.3 is 0 Å². The van der Waals surface area contributed by atoms with E-state index in [4.69, 9.17) is 0 Å². The molecule has 21 heavy (non-hydrogen) atoms. The van der Waals surface area contributed by atoms with Gasteiger partial charge in [0.15, 0.2) is 0 Å². The molecule has 1 saturated carbocycles. The fourth-order valence-corrected chi connectivity index (χ4v) is 4.62. The molecule has 1 aliphatic carbocycles. The first kappa shape index (κ1) is 13.0. The maximum absolute atomic E-state index is 12.3. The van der Waals surface area contributed by atoms with E-state index in [1.54, 1.807) is 30.3 Å². The second-order valence-electron chi connectivity index (χ2n) is 5.78. The van der Waals surface area contributed by atoms with Gasteiger partial charge < -0.3 is 0 Å². The average Bonchev–Trinajstić information content (AvgIpc) is 3.17. The zero-order valence-corrected chi connectivity index (χ0v) is 12.0. The van der Waals surface area contributed by atoms with E-state index in [1.165, 1.54) is 9.21 Å². The molecule has 0 aromatic heterocycles. The van der Waals surface area contributed by atoms with Crippen LogP contribution >= 0.6 is 0 Å². The summed E-state index contributed by atoms with van der Waals surface area (Å²) < 4.78 is 26.0. The van der Waals surface area contributed by atoms with E-state index in [9.17, 15) is 18.0 Å². The number of carbonyl (C=O) groups is 2. The van der Waals surface area contributed by atoms with E-state index in [1.807, 2.05) is 0 Å². The second kappa shape index (κ2) is 4.14. The zero-order valence-electron chi connectivity index (χ0n) is 11.2. The molecule has 7 heteroatoms. The maximum Gasteiger partial charge on any atom is 0.243 e. The number of piperidine rings is 1. The number of rotatable bonds is 3. The molecular weight excluding hydrogens is 292 g/mol. The van der Waals surface area contributed by atoms with Crippen LogP contribution in [0.4, 0.5) is 0 Å². The van der Waals surface area contributed by atoms with Crippen molar-refractivity contribution in [1.82, 2.24) is 9.21 Å². The van der Waals surface area contributed by atoms with Crippen molar-refractivity contribution in [2.45, 2.75) is 17.4 Å². The van der Waals surface area contributed by atoms with Crippen LogP contribution in [0.25, 0.3) is 0 Å². The minimum Gasteiger partial charge on any atom is -0.276 e. The Morgan fingerprint density at radius 3 is 2.10 bits per heavy atom. The van der Waals surface area contributed by atoms with Crippen LogP contribution in [-0.4, -0.2) is 48.6 Å². The van der Waals surface area contributed by atoms with Crippen LogP contribution in [0.15, 0.2) is 35.2 Å². The molecule has 110 valence electrons. The van der Waals surface area contributed by atoms with Crippen LogP contribution in [0, 0.1) is 11.8 Å². The van der Waals surface area contributed by atoms with Crippen molar-refractivity contribution in [3.63, 3.8) is 0 Å². The zero-order chi connectivity index (χ0) is 14.8. The molecule has 0 spiro atoms. The van der Waals surface area contributed by atoms with E-state index in [0.29, 0.717) is 6.42 Å². The normalized spacial score (nSPS) is 29.4. The van der Waals surface area contributed by atoms with E-state index in [0.717, 1.165) is 0 Å². The van der Waals surface area contributed by atoms with Crippen LogP contribution < -0.4 is 0 Å². The van der Waals surface area contributed by atoms with Crippen LogP contribution in [0.2, 0.25) is 0 Å². The summed E-state index contributed by atoms with van der Waals surface area (Å²) in [6.07, 6.45) is 0.674. The summed E-state index contributed by atoms with van der Waals surface area (Å²) in [5.74, 6) is -0.493. The van der Waals surface area contributed by atoms with E-state index in [2.05, 4.69) is 0 Å². The summed E-state index contributed by atoms with van der Waals surface area (Å²) >= 11 is 0. The predicted molar refractivity (Wildman–Crippen MR) is 72.4 cm³/mol. The Balaban J connectivity index is 1.48.